The van der Waals surface area contributed by atoms with Gasteiger partial charge >= 0.3 is 6.09 Å². The maximum Gasteiger partial charge on any atom is 0.410 e. The first kappa shape index (κ1) is 22.2. The molecule has 0 saturated carbocycles. The lowest BCUT2D eigenvalue weighted by molar-refractivity contribution is -0.0439. The van der Waals surface area contributed by atoms with E-state index in [9.17, 15) is 9.90 Å². The van der Waals surface area contributed by atoms with Crippen molar-refractivity contribution >= 4 is 6.09 Å². The summed E-state index contributed by atoms with van der Waals surface area (Å²) in [5.41, 5.74) is 0.281. The SMILES string of the molecule is CC(C)(C)OC(=O)N1CCC[C@@H]([C@@](C)(O)c2cccc(OCc3ccccc3)c2)C1. The Kier molecular flexibility index (Phi) is 6.71. The zero-order chi connectivity index (χ0) is 21.8. The van der Waals surface area contributed by atoms with Gasteiger partial charge in [-0.15, -0.1) is 0 Å². The van der Waals surface area contributed by atoms with E-state index in [0.717, 1.165) is 29.7 Å². The average molecular weight is 412 g/mol. The second-order valence-corrected chi connectivity index (χ2v) is 9.22. The van der Waals surface area contributed by atoms with Gasteiger partial charge in [-0.3, -0.25) is 0 Å². The van der Waals surface area contributed by atoms with Crippen molar-refractivity contribution in [3.05, 3.63) is 65.7 Å². The van der Waals surface area contributed by atoms with E-state index in [1.807, 2.05) is 82.3 Å². The molecule has 1 saturated heterocycles. The van der Waals surface area contributed by atoms with Gasteiger partial charge in [0.05, 0.1) is 5.60 Å². The summed E-state index contributed by atoms with van der Waals surface area (Å²) in [5, 5.41) is 11.4. The van der Waals surface area contributed by atoms with Gasteiger partial charge in [0, 0.05) is 19.0 Å². The number of hydrogen-bond acceptors (Lipinski definition) is 4. The normalized spacial score (nSPS) is 19.1. The number of benzene rings is 2. The third kappa shape index (κ3) is 5.76. The highest BCUT2D eigenvalue weighted by Crippen LogP contribution is 2.37. The number of rotatable bonds is 5. The van der Waals surface area contributed by atoms with Crippen LogP contribution in [0.2, 0.25) is 0 Å². The van der Waals surface area contributed by atoms with Crippen LogP contribution in [0.5, 0.6) is 5.75 Å². The third-order valence-corrected chi connectivity index (χ3v) is 5.53. The molecule has 30 heavy (non-hydrogen) atoms. The number of hydrogen-bond donors (Lipinski definition) is 1. The maximum atomic E-state index is 12.5. The van der Waals surface area contributed by atoms with Gasteiger partial charge in [0.25, 0.3) is 0 Å². The predicted octanol–water partition coefficient (Wildman–Crippen LogP) is 5.12. The van der Waals surface area contributed by atoms with E-state index >= 15 is 0 Å². The van der Waals surface area contributed by atoms with Crippen LogP contribution in [0.1, 0.15) is 51.7 Å². The number of nitrogens with zero attached hydrogens (tertiary/aromatic N) is 1. The third-order valence-electron chi connectivity index (χ3n) is 5.53. The molecule has 2 atom stereocenters. The molecule has 2 aromatic rings. The van der Waals surface area contributed by atoms with Crippen molar-refractivity contribution in [2.75, 3.05) is 13.1 Å². The van der Waals surface area contributed by atoms with E-state index in [0.29, 0.717) is 19.7 Å². The average Bonchev–Trinajstić information content (AvgIpc) is 2.72. The van der Waals surface area contributed by atoms with E-state index in [4.69, 9.17) is 9.47 Å². The van der Waals surface area contributed by atoms with E-state index in [2.05, 4.69) is 0 Å². The molecule has 0 bridgehead atoms. The van der Waals surface area contributed by atoms with Crippen LogP contribution in [0.25, 0.3) is 0 Å². The Bertz CT molecular complexity index is 842. The predicted molar refractivity (Wildman–Crippen MR) is 117 cm³/mol. The van der Waals surface area contributed by atoms with Crippen LogP contribution in [0.15, 0.2) is 54.6 Å². The summed E-state index contributed by atoms with van der Waals surface area (Å²) >= 11 is 0. The van der Waals surface area contributed by atoms with Crippen molar-refractivity contribution in [3.8, 4) is 5.75 Å². The lowest BCUT2D eigenvalue weighted by Gasteiger charge is -2.41. The Morgan fingerprint density at radius 2 is 1.83 bits per heavy atom. The summed E-state index contributed by atoms with van der Waals surface area (Å²) < 4.78 is 11.5. The Morgan fingerprint density at radius 1 is 1.10 bits per heavy atom. The van der Waals surface area contributed by atoms with Crippen molar-refractivity contribution in [2.45, 2.75) is 58.3 Å². The molecule has 0 radical (unpaired) electrons. The standard InChI is InChI=1S/C25H33NO4/c1-24(2,3)30-23(27)26-15-9-13-21(17-26)25(4,28)20-12-8-14-22(16-20)29-18-19-10-6-5-7-11-19/h5-8,10-12,14,16,21,28H,9,13,15,17-18H2,1-4H3/t21-,25+/m1/s1. The highest BCUT2D eigenvalue weighted by atomic mass is 16.6. The number of carbonyl (C=O) groups excluding carboxylic acids is 1. The van der Waals surface area contributed by atoms with Crippen molar-refractivity contribution in [3.63, 3.8) is 0 Å². The van der Waals surface area contributed by atoms with Crippen LogP contribution in [0, 0.1) is 5.92 Å². The van der Waals surface area contributed by atoms with Crippen LogP contribution in [0.4, 0.5) is 4.79 Å². The van der Waals surface area contributed by atoms with E-state index in [-0.39, 0.29) is 12.0 Å². The number of likely N-dealkylation sites (tertiary alicyclic amines) is 1. The second kappa shape index (κ2) is 9.09. The molecule has 0 unspecified atom stereocenters. The van der Waals surface area contributed by atoms with Crippen LogP contribution < -0.4 is 4.74 Å². The van der Waals surface area contributed by atoms with Crippen LogP contribution in [0.3, 0.4) is 0 Å². The lowest BCUT2D eigenvalue weighted by Crippen LogP contribution is -2.48. The van der Waals surface area contributed by atoms with Crippen molar-refractivity contribution in [1.82, 2.24) is 4.90 Å². The molecule has 1 fully saturated rings. The first-order valence-electron chi connectivity index (χ1n) is 10.6. The zero-order valence-corrected chi connectivity index (χ0v) is 18.4. The molecule has 1 heterocycles. The molecular weight excluding hydrogens is 378 g/mol. The first-order valence-corrected chi connectivity index (χ1v) is 10.6. The number of aliphatic hydroxyl groups is 1. The first-order chi connectivity index (χ1) is 14.1. The molecule has 0 spiro atoms. The highest BCUT2D eigenvalue weighted by molar-refractivity contribution is 5.68. The number of amides is 1. The summed E-state index contributed by atoms with van der Waals surface area (Å²) in [5.74, 6) is 0.638. The molecule has 5 nitrogen and oxygen atoms in total. The minimum Gasteiger partial charge on any atom is -0.489 e. The largest absolute Gasteiger partial charge is 0.489 e. The Balaban J connectivity index is 1.69. The molecule has 1 aliphatic heterocycles. The molecule has 3 rings (SSSR count). The van der Waals surface area contributed by atoms with Gasteiger partial charge in [-0.1, -0.05) is 42.5 Å². The topological polar surface area (TPSA) is 59.0 Å². The summed E-state index contributed by atoms with van der Waals surface area (Å²) in [7, 11) is 0. The van der Waals surface area contributed by atoms with Gasteiger partial charge in [0.1, 0.15) is 18.0 Å². The summed E-state index contributed by atoms with van der Waals surface area (Å²) in [6, 6.07) is 17.6. The van der Waals surface area contributed by atoms with Crippen molar-refractivity contribution < 1.29 is 19.4 Å². The molecule has 1 aliphatic rings. The van der Waals surface area contributed by atoms with Crippen LogP contribution >= 0.6 is 0 Å². The Hall–Kier alpha value is -2.53. The fourth-order valence-electron chi connectivity index (χ4n) is 3.81. The van der Waals surface area contributed by atoms with Gasteiger partial charge in [-0.2, -0.15) is 0 Å². The quantitative estimate of drug-likeness (QED) is 0.742. The molecule has 5 heteroatoms. The van der Waals surface area contributed by atoms with Gasteiger partial charge in [0.15, 0.2) is 0 Å². The Morgan fingerprint density at radius 3 is 2.53 bits per heavy atom. The van der Waals surface area contributed by atoms with Crippen LogP contribution in [-0.4, -0.2) is 34.8 Å². The molecular formula is C25H33NO4. The number of piperidine rings is 1. The van der Waals surface area contributed by atoms with Crippen molar-refractivity contribution in [2.24, 2.45) is 5.92 Å². The molecule has 0 aliphatic carbocycles. The summed E-state index contributed by atoms with van der Waals surface area (Å²) in [6.45, 7) is 9.02. The molecule has 0 aromatic heterocycles. The minimum atomic E-state index is -1.08. The molecule has 1 amide bonds. The van der Waals surface area contributed by atoms with E-state index < -0.39 is 11.2 Å². The van der Waals surface area contributed by atoms with Gasteiger partial charge in [0.2, 0.25) is 0 Å². The number of ether oxygens (including phenoxy) is 2. The van der Waals surface area contributed by atoms with Gasteiger partial charge < -0.3 is 19.5 Å². The van der Waals surface area contributed by atoms with E-state index in [1.165, 1.54) is 0 Å². The van der Waals surface area contributed by atoms with Crippen LogP contribution in [-0.2, 0) is 16.9 Å². The summed E-state index contributed by atoms with van der Waals surface area (Å²) in [6.07, 6.45) is 1.37. The van der Waals surface area contributed by atoms with Crippen molar-refractivity contribution in [1.29, 1.82) is 0 Å². The summed E-state index contributed by atoms with van der Waals surface area (Å²) in [4.78, 5) is 14.2. The number of carbonyl (C=O) groups is 1. The lowest BCUT2D eigenvalue weighted by atomic mass is 9.78. The minimum absolute atomic E-state index is 0.0804. The molecule has 2 aromatic carbocycles. The fraction of sp³-hybridized carbons (Fsp3) is 0.480. The highest BCUT2D eigenvalue weighted by Gasteiger charge is 2.39. The smallest absolute Gasteiger partial charge is 0.410 e. The molecule has 162 valence electrons. The maximum absolute atomic E-state index is 12.5. The molecule has 1 N–H and O–H groups in total. The fourth-order valence-corrected chi connectivity index (χ4v) is 3.81. The van der Waals surface area contributed by atoms with E-state index in [1.54, 1.807) is 4.90 Å². The second-order valence-electron chi connectivity index (χ2n) is 9.22. The Labute approximate surface area is 179 Å². The zero-order valence-electron chi connectivity index (χ0n) is 18.4. The monoisotopic (exact) mass is 411 g/mol. The van der Waals surface area contributed by atoms with Gasteiger partial charge in [-0.05, 0) is 63.8 Å². The van der Waals surface area contributed by atoms with Gasteiger partial charge in [-0.25, -0.2) is 4.79 Å².